The Balaban J connectivity index is 1.36. The molecule has 2 atom stereocenters. The summed E-state index contributed by atoms with van der Waals surface area (Å²) in [5.74, 6) is 0.142. The van der Waals surface area contributed by atoms with Gasteiger partial charge in [-0.25, -0.2) is 0 Å². The van der Waals surface area contributed by atoms with Gasteiger partial charge in [-0.05, 0) is 85.5 Å². The van der Waals surface area contributed by atoms with Crippen LogP contribution in [0.25, 0.3) is 11.0 Å². The number of nitrogens with zero attached hydrogens (tertiary/aromatic N) is 3. The maximum Gasteiger partial charge on any atom is 0.323 e. The number of thioether (sulfide) groups is 2. The number of benzene rings is 2. The molecule has 230 valence electrons. The second kappa shape index (κ2) is 13.2. The highest BCUT2D eigenvalue weighted by molar-refractivity contribution is 8.30. The van der Waals surface area contributed by atoms with E-state index in [0.29, 0.717) is 36.9 Å². The van der Waals surface area contributed by atoms with E-state index in [1.54, 1.807) is 0 Å². The van der Waals surface area contributed by atoms with Crippen molar-refractivity contribution in [3.8, 4) is 0 Å². The van der Waals surface area contributed by atoms with E-state index in [4.69, 9.17) is 12.2 Å². The van der Waals surface area contributed by atoms with Crippen molar-refractivity contribution in [1.29, 1.82) is 0 Å². The first-order chi connectivity index (χ1) is 21.3. The number of anilines is 2. The molecule has 7 nitrogen and oxygen atoms in total. The van der Waals surface area contributed by atoms with Gasteiger partial charge in [0.05, 0.1) is 4.53 Å². The molecule has 2 unspecified atom stereocenters. The predicted octanol–water partition coefficient (Wildman–Crippen LogP) is 5.88. The van der Waals surface area contributed by atoms with Gasteiger partial charge < -0.3 is 10.0 Å². The third-order valence-electron chi connectivity index (χ3n) is 8.51. The third-order valence-corrected chi connectivity index (χ3v) is 12.3. The zero-order valence-electron chi connectivity index (χ0n) is 24.8. The lowest BCUT2D eigenvalue weighted by atomic mass is 9.96. The number of carbonyl (C=O) groups excluding carboxylic acids is 1. The average Bonchev–Trinajstić information content (AvgIpc) is 3.74. The van der Waals surface area contributed by atoms with Crippen molar-refractivity contribution >= 4 is 85.6 Å². The number of unbranched alkanes of at least 4 members (excludes halogenated alkanes) is 2. The highest BCUT2D eigenvalue weighted by Crippen LogP contribution is 2.52. The Morgan fingerprint density at radius 3 is 2.61 bits per heavy atom. The van der Waals surface area contributed by atoms with Crippen LogP contribution in [0.1, 0.15) is 69.4 Å². The SMILES string of the molecule is CCCCCSc1ccc(N2c3ccc(C=c4sc(=C5SC(=S)N(CC)C5=O)n(CC(=O)O)c4=O)cc3C3CCCC32)cc1. The first kappa shape index (κ1) is 31.1. The van der Waals surface area contributed by atoms with Crippen molar-refractivity contribution in [2.24, 2.45) is 0 Å². The van der Waals surface area contributed by atoms with Crippen molar-refractivity contribution in [3.05, 3.63) is 73.1 Å². The molecular formula is C33H35N3O4S4. The van der Waals surface area contributed by atoms with Crippen molar-refractivity contribution < 1.29 is 14.7 Å². The molecule has 1 aromatic heterocycles. The first-order valence-electron chi connectivity index (χ1n) is 15.2. The molecule has 3 aromatic rings. The second-order valence-electron chi connectivity index (χ2n) is 11.3. The molecule has 1 aliphatic carbocycles. The number of carbonyl (C=O) groups is 2. The summed E-state index contributed by atoms with van der Waals surface area (Å²) in [7, 11) is 0. The summed E-state index contributed by atoms with van der Waals surface area (Å²) < 4.78 is 2.34. The summed E-state index contributed by atoms with van der Waals surface area (Å²) in [4.78, 5) is 43.8. The van der Waals surface area contributed by atoms with Crippen molar-refractivity contribution in [2.45, 2.75) is 75.8 Å². The van der Waals surface area contributed by atoms with Gasteiger partial charge in [0.15, 0.2) is 0 Å². The largest absolute Gasteiger partial charge is 0.480 e. The number of carboxylic acid groups (broad SMARTS) is 1. The molecule has 1 N–H and O–H groups in total. The fourth-order valence-corrected chi connectivity index (χ4v) is 10.0. The summed E-state index contributed by atoms with van der Waals surface area (Å²) in [6, 6.07) is 15.8. The molecule has 0 spiro atoms. The van der Waals surface area contributed by atoms with Gasteiger partial charge in [0.25, 0.3) is 11.5 Å². The van der Waals surface area contributed by atoms with Gasteiger partial charge in [-0.1, -0.05) is 56.2 Å². The second-order valence-corrected chi connectivity index (χ2v) is 15.1. The van der Waals surface area contributed by atoms with Gasteiger partial charge in [0, 0.05) is 34.8 Å². The van der Waals surface area contributed by atoms with Crippen LogP contribution in [0.5, 0.6) is 0 Å². The molecule has 11 heteroatoms. The van der Waals surface area contributed by atoms with Crippen LogP contribution in [0.15, 0.2) is 52.2 Å². The average molecular weight is 666 g/mol. The number of amides is 1. The summed E-state index contributed by atoms with van der Waals surface area (Å²) in [5, 5.41) is 9.55. The lowest BCUT2D eigenvalue weighted by Gasteiger charge is -2.27. The molecule has 0 radical (unpaired) electrons. The monoisotopic (exact) mass is 665 g/mol. The van der Waals surface area contributed by atoms with E-state index in [1.165, 1.54) is 57.0 Å². The quantitative estimate of drug-likeness (QED) is 0.163. The van der Waals surface area contributed by atoms with Crippen LogP contribution >= 0.6 is 47.1 Å². The minimum absolute atomic E-state index is 0.289. The molecule has 1 saturated heterocycles. The number of aromatic nitrogens is 1. The highest BCUT2D eigenvalue weighted by atomic mass is 32.2. The number of aliphatic carboxylic acids is 1. The van der Waals surface area contributed by atoms with Crippen molar-refractivity contribution in [3.63, 3.8) is 0 Å². The molecular weight excluding hydrogens is 631 g/mol. The fraction of sp³-hybridized carbons (Fsp3) is 0.394. The predicted molar refractivity (Wildman–Crippen MR) is 186 cm³/mol. The van der Waals surface area contributed by atoms with Crippen LogP contribution < -0.4 is 19.7 Å². The van der Waals surface area contributed by atoms with Crippen molar-refractivity contribution in [1.82, 2.24) is 9.47 Å². The van der Waals surface area contributed by atoms with Gasteiger partial charge in [0.2, 0.25) is 0 Å². The Morgan fingerprint density at radius 1 is 1.11 bits per heavy atom. The molecule has 3 heterocycles. The van der Waals surface area contributed by atoms with Crippen LogP contribution in [-0.2, 0) is 16.1 Å². The van der Waals surface area contributed by atoms with Crippen molar-refractivity contribution in [2.75, 3.05) is 17.2 Å². The standard InChI is InChI=1S/C33H35N3O4S4/c1-3-5-6-16-42-22-13-11-21(12-14-22)36-25-9-7-8-23(25)24-17-20(10-15-26(24)36)18-27-30(39)35(19-28(37)38)32(43-27)29-31(40)34(4-2)33(41)44-29/h10-15,17-18,23,25H,3-9,16,19H2,1-2H3,(H,37,38). The Kier molecular flexibility index (Phi) is 9.37. The zero-order valence-corrected chi connectivity index (χ0v) is 28.1. The summed E-state index contributed by atoms with van der Waals surface area (Å²) >= 11 is 9.56. The summed E-state index contributed by atoms with van der Waals surface area (Å²) in [6.45, 7) is 3.96. The van der Waals surface area contributed by atoms with E-state index in [2.05, 4.69) is 48.2 Å². The number of hydrogen-bond acceptors (Lipinski definition) is 8. The summed E-state index contributed by atoms with van der Waals surface area (Å²) in [6.07, 6.45) is 9.03. The smallest absolute Gasteiger partial charge is 0.323 e. The molecule has 2 fully saturated rings. The van der Waals surface area contributed by atoms with Gasteiger partial charge in [-0.2, -0.15) is 0 Å². The minimum atomic E-state index is -1.14. The van der Waals surface area contributed by atoms with Crippen LogP contribution in [0.2, 0.25) is 0 Å². The van der Waals surface area contributed by atoms with Gasteiger partial charge in [-0.15, -0.1) is 23.1 Å². The number of thiocarbonyl (C=S) groups is 1. The number of fused-ring (bicyclic) bond motifs is 3. The Morgan fingerprint density at radius 2 is 1.91 bits per heavy atom. The van der Waals surface area contributed by atoms with Gasteiger partial charge in [-0.3, -0.25) is 23.9 Å². The Hall–Kier alpha value is -2.86. The molecule has 6 rings (SSSR count). The molecule has 2 aliphatic heterocycles. The molecule has 44 heavy (non-hydrogen) atoms. The number of carboxylic acids is 1. The van der Waals surface area contributed by atoms with E-state index in [0.717, 1.165) is 47.3 Å². The zero-order chi connectivity index (χ0) is 31.0. The summed E-state index contributed by atoms with van der Waals surface area (Å²) in [5.41, 5.74) is 4.20. The number of thiazole rings is 1. The van der Waals surface area contributed by atoms with Crippen LogP contribution in [-0.4, -0.2) is 49.1 Å². The highest BCUT2D eigenvalue weighted by Gasteiger charge is 2.42. The Bertz CT molecular complexity index is 1800. The van der Waals surface area contributed by atoms with E-state index in [9.17, 15) is 19.5 Å². The third kappa shape index (κ3) is 5.91. The van der Waals surface area contributed by atoms with Crippen LogP contribution in [0.4, 0.5) is 11.4 Å². The molecule has 1 amide bonds. The first-order valence-corrected chi connectivity index (χ1v) is 18.2. The van der Waals surface area contributed by atoms with Crippen LogP contribution in [0, 0.1) is 0 Å². The Labute approximate surface area is 274 Å². The number of rotatable bonds is 10. The lowest BCUT2D eigenvalue weighted by molar-refractivity contribution is -0.137. The fourth-order valence-electron chi connectivity index (χ4n) is 6.46. The maximum absolute atomic E-state index is 13.5. The van der Waals surface area contributed by atoms with E-state index < -0.39 is 18.1 Å². The van der Waals surface area contributed by atoms with E-state index in [1.807, 2.05) is 30.8 Å². The lowest BCUT2D eigenvalue weighted by Crippen LogP contribution is -2.35. The molecule has 2 aromatic carbocycles. The van der Waals surface area contributed by atoms with E-state index >= 15 is 0 Å². The van der Waals surface area contributed by atoms with Gasteiger partial charge >= 0.3 is 5.97 Å². The molecule has 3 aliphatic rings. The maximum atomic E-state index is 13.5. The van der Waals surface area contributed by atoms with Gasteiger partial charge in [0.1, 0.15) is 20.4 Å². The minimum Gasteiger partial charge on any atom is -0.480 e. The van der Waals surface area contributed by atoms with Crippen LogP contribution in [0.3, 0.4) is 0 Å². The molecule has 0 bridgehead atoms. The topological polar surface area (TPSA) is 82.8 Å². The normalized spacial score (nSPS) is 21.0. The number of hydrogen-bond donors (Lipinski definition) is 1. The van der Waals surface area contributed by atoms with E-state index in [-0.39, 0.29) is 5.91 Å². The molecule has 1 saturated carbocycles.